The van der Waals surface area contributed by atoms with E-state index < -0.39 is 0 Å². The summed E-state index contributed by atoms with van der Waals surface area (Å²) in [4.78, 5) is 4.92. The molecule has 1 aromatic heterocycles. The van der Waals surface area contributed by atoms with Crippen LogP contribution in [0.5, 0.6) is 0 Å². The Labute approximate surface area is 114 Å². The van der Waals surface area contributed by atoms with Gasteiger partial charge in [0.2, 0.25) is 0 Å². The van der Waals surface area contributed by atoms with Gasteiger partial charge >= 0.3 is 7.12 Å². The second-order valence-corrected chi connectivity index (χ2v) is 5.98. The Morgan fingerprint density at radius 3 is 2.33 bits per heavy atom. The Balaban J connectivity index is 2.08. The zero-order valence-corrected chi connectivity index (χ0v) is 12.1. The van der Waals surface area contributed by atoms with E-state index in [2.05, 4.69) is 17.6 Å². The molecule has 1 saturated heterocycles. The lowest BCUT2D eigenvalue weighted by Crippen LogP contribution is -2.41. The van der Waals surface area contributed by atoms with Crippen molar-refractivity contribution in [2.75, 3.05) is 0 Å². The highest BCUT2D eigenvalue weighted by molar-refractivity contribution is 7.80. The van der Waals surface area contributed by atoms with E-state index in [0.29, 0.717) is 0 Å². The van der Waals surface area contributed by atoms with Crippen LogP contribution < -0.4 is 0 Å². The van der Waals surface area contributed by atoms with Crippen LogP contribution >= 0.6 is 12.6 Å². The van der Waals surface area contributed by atoms with Crippen molar-refractivity contribution in [3.05, 3.63) is 30.0 Å². The molecular weight excluding hydrogens is 245 g/mol. The molecule has 3 nitrogen and oxygen atoms in total. The van der Waals surface area contributed by atoms with Crippen LogP contribution in [0, 0.1) is 0 Å². The first-order chi connectivity index (χ1) is 8.30. The molecular formula is C13H18BNO2S. The van der Waals surface area contributed by atoms with E-state index in [1.165, 1.54) is 0 Å². The molecule has 18 heavy (non-hydrogen) atoms. The number of hydrogen-bond donors (Lipinski definition) is 1. The van der Waals surface area contributed by atoms with E-state index in [9.17, 15) is 0 Å². The molecule has 0 saturated carbocycles. The summed E-state index contributed by atoms with van der Waals surface area (Å²) >= 11 is 4.25. The third kappa shape index (κ3) is 2.79. The van der Waals surface area contributed by atoms with Gasteiger partial charge in [0.1, 0.15) is 0 Å². The number of thiol groups is 1. The number of hydrogen-bond acceptors (Lipinski definition) is 4. The van der Waals surface area contributed by atoms with Crippen molar-refractivity contribution in [3.8, 4) is 0 Å². The molecule has 0 bridgehead atoms. The van der Waals surface area contributed by atoms with Gasteiger partial charge in [0, 0.05) is 17.3 Å². The van der Waals surface area contributed by atoms with Crippen molar-refractivity contribution >= 4 is 25.8 Å². The van der Waals surface area contributed by atoms with Crippen LogP contribution in [0.3, 0.4) is 0 Å². The Kier molecular flexibility index (Phi) is 3.58. The van der Waals surface area contributed by atoms with Crippen molar-refractivity contribution in [1.29, 1.82) is 0 Å². The molecule has 0 spiro atoms. The first-order valence-corrected chi connectivity index (χ1v) is 6.43. The molecule has 0 atom stereocenters. The van der Waals surface area contributed by atoms with Crippen LogP contribution in [0.4, 0.5) is 0 Å². The van der Waals surface area contributed by atoms with E-state index in [0.717, 1.165) is 10.5 Å². The van der Waals surface area contributed by atoms with Crippen molar-refractivity contribution in [1.82, 2.24) is 4.98 Å². The Hall–Kier alpha value is -0.775. The highest BCUT2D eigenvalue weighted by Gasteiger charge is 2.49. The quantitative estimate of drug-likeness (QED) is 0.657. The minimum atomic E-state index is -0.321. The van der Waals surface area contributed by atoms with Crippen molar-refractivity contribution in [3.63, 3.8) is 0 Å². The van der Waals surface area contributed by atoms with Gasteiger partial charge in [-0.3, -0.25) is 4.98 Å². The summed E-state index contributed by atoms with van der Waals surface area (Å²) in [6, 6.07) is 1.94. The van der Waals surface area contributed by atoms with Gasteiger partial charge in [0.15, 0.2) is 0 Å². The summed E-state index contributed by atoms with van der Waals surface area (Å²) < 4.78 is 11.7. The molecule has 1 fully saturated rings. The maximum absolute atomic E-state index is 5.87. The van der Waals surface area contributed by atoms with Gasteiger partial charge in [-0.25, -0.2) is 0 Å². The van der Waals surface area contributed by atoms with Crippen molar-refractivity contribution in [2.45, 2.75) is 43.8 Å². The van der Waals surface area contributed by atoms with Gasteiger partial charge in [-0.1, -0.05) is 12.1 Å². The normalized spacial score (nSPS) is 21.7. The number of rotatable bonds is 2. The number of pyridine rings is 1. The average Bonchev–Trinajstić information content (AvgIpc) is 2.45. The van der Waals surface area contributed by atoms with Crippen LogP contribution in [0.25, 0.3) is 6.08 Å². The van der Waals surface area contributed by atoms with Crippen LogP contribution in [0.2, 0.25) is 0 Å². The lowest BCUT2D eigenvalue weighted by atomic mass is 9.89. The van der Waals surface area contributed by atoms with Crippen LogP contribution in [-0.4, -0.2) is 23.3 Å². The molecule has 0 amide bonds. The van der Waals surface area contributed by atoms with Crippen LogP contribution in [0.15, 0.2) is 29.3 Å². The topological polar surface area (TPSA) is 31.4 Å². The predicted octanol–water partition coefficient (Wildman–Crippen LogP) is 3.01. The van der Waals surface area contributed by atoms with E-state index in [1.807, 2.05) is 45.8 Å². The molecule has 0 radical (unpaired) electrons. The van der Waals surface area contributed by atoms with Gasteiger partial charge in [-0.2, -0.15) is 0 Å². The molecule has 5 heteroatoms. The third-order valence-electron chi connectivity index (χ3n) is 3.46. The Morgan fingerprint density at radius 1 is 1.17 bits per heavy atom. The first kappa shape index (κ1) is 13.7. The summed E-state index contributed by atoms with van der Waals surface area (Å²) in [7, 11) is -0.321. The minimum absolute atomic E-state index is 0.300. The zero-order chi connectivity index (χ0) is 13.4. The minimum Gasteiger partial charge on any atom is -0.400 e. The van der Waals surface area contributed by atoms with E-state index in [-0.39, 0.29) is 18.3 Å². The Morgan fingerprint density at radius 2 is 1.78 bits per heavy atom. The molecule has 0 aromatic carbocycles. The summed E-state index contributed by atoms with van der Waals surface area (Å²) in [5.41, 5.74) is 0.384. The molecule has 1 aliphatic heterocycles. The van der Waals surface area contributed by atoms with Crippen LogP contribution in [0.1, 0.15) is 33.3 Å². The second kappa shape index (κ2) is 4.72. The molecule has 1 aromatic rings. The highest BCUT2D eigenvalue weighted by Crippen LogP contribution is 2.36. The van der Waals surface area contributed by atoms with Gasteiger partial charge in [0.05, 0.1) is 11.2 Å². The fourth-order valence-corrected chi connectivity index (χ4v) is 1.91. The van der Waals surface area contributed by atoms with E-state index in [4.69, 9.17) is 9.31 Å². The number of nitrogens with zero attached hydrogens (tertiary/aromatic N) is 1. The fraction of sp³-hybridized carbons (Fsp3) is 0.462. The lowest BCUT2D eigenvalue weighted by molar-refractivity contribution is 0.00578. The first-order valence-electron chi connectivity index (χ1n) is 5.98. The van der Waals surface area contributed by atoms with Gasteiger partial charge in [0.25, 0.3) is 0 Å². The molecule has 0 unspecified atom stereocenters. The molecule has 0 N–H and O–H groups in total. The molecule has 96 valence electrons. The summed E-state index contributed by atoms with van der Waals surface area (Å²) in [5.74, 6) is 1.90. The monoisotopic (exact) mass is 263 g/mol. The van der Waals surface area contributed by atoms with Gasteiger partial charge in [-0.05, 0) is 39.3 Å². The molecule has 2 heterocycles. The lowest BCUT2D eigenvalue weighted by Gasteiger charge is -2.32. The molecule has 1 aliphatic rings. The predicted molar refractivity (Wildman–Crippen MR) is 76.6 cm³/mol. The van der Waals surface area contributed by atoms with E-state index in [1.54, 1.807) is 12.4 Å². The van der Waals surface area contributed by atoms with Gasteiger partial charge < -0.3 is 9.31 Å². The highest BCUT2D eigenvalue weighted by atomic mass is 32.1. The largest absolute Gasteiger partial charge is 0.487 e. The van der Waals surface area contributed by atoms with E-state index >= 15 is 0 Å². The summed E-state index contributed by atoms with van der Waals surface area (Å²) in [6.07, 6.45) is 5.42. The maximum Gasteiger partial charge on any atom is 0.487 e. The fourth-order valence-electron chi connectivity index (χ4n) is 1.69. The van der Waals surface area contributed by atoms with Crippen molar-refractivity contribution < 1.29 is 9.31 Å². The smallest absolute Gasteiger partial charge is 0.400 e. The van der Waals surface area contributed by atoms with Gasteiger partial charge in [-0.15, -0.1) is 12.6 Å². The standard InChI is InChI=1S/C13H18BNO2S/c1-12(2)13(3,4)17-14(16-12)6-5-10-7-11(18)9-15-8-10/h5-9,18H,1-4H3/b6-5+. The molecule has 2 rings (SSSR count). The van der Waals surface area contributed by atoms with Crippen molar-refractivity contribution in [2.24, 2.45) is 0 Å². The SMILES string of the molecule is CC1(C)OB(/C=C/c2cncc(S)c2)OC1(C)C. The maximum atomic E-state index is 5.87. The second-order valence-electron chi connectivity index (χ2n) is 5.46. The number of aromatic nitrogens is 1. The average molecular weight is 263 g/mol. The summed E-state index contributed by atoms with van der Waals surface area (Å²) in [5, 5.41) is 0. The third-order valence-corrected chi connectivity index (χ3v) is 3.71. The van der Waals surface area contributed by atoms with Crippen LogP contribution in [-0.2, 0) is 9.31 Å². The molecule has 0 aliphatic carbocycles. The summed E-state index contributed by atoms with van der Waals surface area (Å²) in [6.45, 7) is 8.15. The Bertz CT molecular complexity index is 458. The zero-order valence-electron chi connectivity index (χ0n) is 11.2.